The van der Waals surface area contributed by atoms with Crippen LogP contribution in [0.3, 0.4) is 0 Å². The molecule has 8 nitrogen and oxygen atoms in total. The number of hydrogen-bond donors (Lipinski definition) is 2. The van der Waals surface area contributed by atoms with E-state index in [0.717, 1.165) is 0 Å². The largest absolute Gasteiger partial charge is 0.481 e. The summed E-state index contributed by atoms with van der Waals surface area (Å²) >= 11 is 0. The highest BCUT2D eigenvalue weighted by Gasteiger charge is 2.29. The summed E-state index contributed by atoms with van der Waals surface area (Å²) < 4.78 is 1.39. The van der Waals surface area contributed by atoms with Crippen LogP contribution in [0.2, 0.25) is 0 Å². The molecule has 20 heavy (non-hydrogen) atoms. The molecule has 2 N–H and O–H groups in total. The maximum absolute atomic E-state index is 11.2. The highest BCUT2D eigenvalue weighted by Crippen LogP contribution is 2.32. The van der Waals surface area contributed by atoms with Crippen molar-refractivity contribution in [3.63, 3.8) is 0 Å². The minimum Gasteiger partial charge on any atom is -0.481 e. The predicted molar refractivity (Wildman–Crippen MR) is 73.9 cm³/mol. The lowest BCUT2D eigenvalue weighted by Crippen LogP contribution is -2.23. The van der Waals surface area contributed by atoms with Crippen molar-refractivity contribution < 1.29 is 14.8 Å². The van der Waals surface area contributed by atoms with Crippen molar-refractivity contribution in [2.45, 2.75) is 33.1 Å². The van der Waals surface area contributed by atoms with Gasteiger partial charge < -0.3 is 10.4 Å². The van der Waals surface area contributed by atoms with E-state index >= 15 is 0 Å². The number of nitrogens with one attached hydrogen (secondary N) is 1. The molecule has 0 spiro atoms. The van der Waals surface area contributed by atoms with Gasteiger partial charge in [0.15, 0.2) is 0 Å². The van der Waals surface area contributed by atoms with Crippen molar-refractivity contribution in [1.82, 2.24) is 9.78 Å². The third-order valence-corrected chi connectivity index (χ3v) is 3.14. The Morgan fingerprint density at radius 2 is 2.15 bits per heavy atom. The number of carbonyl (C=O) groups is 1. The number of nitro groups is 1. The van der Waals surface area contributed by atoms with E-state index in [0.29, 0.717) is 12.1 Å². The maximum Gasteiger partial charge on any atom is 0.334 e. The molecule has 0 amide bonds. The number of aliphatic carboxylic acids is 1. The molecular weight excluding hydrogens is 264 g/mol. The molecule has 0 saturated heterocycles. The van der Waals surface area contributed by atoms with E-state index in [9.17, 15) is 14.9 Å². The summed E-state index contributed by atoms with van der Waals surface area (Å²) in [5, 5.41) is 27.2. The molecule has 0 bridgehead atoms. The SMILES string of the molecule is CCC(CNc1c([N+](=O)[O-])c(C(C)C)nn1C)C(=O)O. The van der Waals surface area contributed by atoms with E-state index in [4.69, 9.17) is 5.11 Å². The van der Waals surface area contributed by atoms with E-state index in [-0.39, 0.29) is 24.0 Å². The summed E-state index contributed by atoms with van der Waals surface area (Å²) in [7, 11) is 1.60. The second-order valence-corrected chi connectivity index (χ2v) is 4.94. The number of aryl methyl sites for hydroxylation is 1. The van der Waals surface area contributed by atoms with Crippen LogP contribution in [-0.2, 0) is 11.8 Å². The van der Waals surface area contributed by atoms with Crippen LogP contribution < -0.4 is 5.32 Å². The summed E-state index contributed by atoms with van der Waals surface area (Å²) in [6.45, 7) is 5.54. The molecule has 0 aliphatic carbocycles. The molecule has 1 aromatic heterocycles. The number of carboxylic acid groups (broad SMARTS) is 1. The second kappa shape index (κ2) is 6.36. The van der Waals surface area contributed by atoms with Crippen molar-refractivity contribution >= 4 is 17.5 Å². The molecule has 1 rings (SSSR count). The van der Waals surface area contributed by atoms with Gasteiger partial charge in [0, 0.05) is 19.5 Å². The van der Waals surface area contributed by atoms with Crippen molar-refractivity contribution in [2.24, 2.45) is 13.0 Å². The third kappa shape index (κ3) is 3.25. The summed E-state index contributed by atoms with van der Waals surface area (Å²) in [5.41, 5.74) is 0.311. The zero-order valence-electron chi connectivity index (χ0n) is 12.1. The molecule has 1 heterocycles. The van der Waals surface area contributed by atoms with Gasteiger partial charge in [0.1, 0.15) is 5.69 Å². The molecule has 0 aromatic carbocycles. The predicted octanol–water partition coefficient (Wildman–Crippen LogP) is 1.97. The van der Waals surface area contributed by atoms with Gasteiger partial charge in [-0.1, -0.05) is 20.8 Å². The number of rotatable bonds is 7. The molecule has 1 atom stereocenters. The van der Waals surface area contributed by atoms with Gasteiger partial charge in [0.05, 0.1) is 10.8 Å². The Balaban J connectivity index is 3.06. The molecular formula is C12H20N4O4. The second-order valence-electron chi connectivity index (χ2n) is 4.94. The van der Waals surface area contributed by atoms with Gasteiger partial charge in [-0.2, -0.15) is 5.10 Å². The van der Waals surface area contributed by atoms with E-state index < -0.39 is 16.8 Å². The number of carboxylic acids is 1. The first-order chi connectivity index (χ1) is 9.29. The number of hydrogen-bond acceptors (Lipinski definition) is 5. The highest BCUT2D eigenvalue weighted by molar-refractivity contribution is 5.71. The first-order valence-corrected chi connectivity index (χ1v) is 6.47. The monoisotopic (exact) mass is 284 g/mol. The zero-order valence-corrected chi connectivity index (χ0v) is 12.1. The van der Waals surface area contributed by atoms with Crippen molar-refractivity contribution in [1.29, 1.82) is 0 Å². The first kappa shape index (κ1) is 15.9. The molecule has 0 saturated carbocycles. The molecule has 112 valence electrons. The quantitative estimate of drug-likeness (QED) is 0.585. The minimum absolute atomic E-state index is 0.0808. The molecule has 0 aliphatic rings. The van der Waals surface area contributed by atoms with Crippen molar-refractivity contribution in [3.05, 3.63) is 15.8 Å². The van der Waals surface area contributed by atoms with Gasteiger partial charge in [-0.15, -0.1) is 0 Å². The standard InChI is InChI=1S/C12H20N4O4/c1-5-8(12(17)18)6-13-11-10(16(19)20)9(7(2)3)14-15(11)4/h7-8,13H,5-6H2,1-4H3,(H,17,18). The van der Waals surface area contributed by atoms with Crippen LogP contribution in [0.15, 0.2) is 0 Å². The minimum atomic E-state index is -0.922. The highest BCUT2D eigenvalue weighted by atomic mass is 16.6. The molecule has 8 heteroatoms. The van der Waals surface area contributed by atoms with E-state index in [1.54, 1.807) is 14.0 Å². The van der Waals surface area contributed by atoms with Gasteiger partial charge >= 0.3 is 11.7 Å². The van der Waals surface area contributed by atoms with Gasteiger partial charge in [0.25, 0.3) is 0 Å². The summed E-state index contributed by atoms with van der Waals surface area (Å²) in [4.78, 5) is 21.7. The fraction of sp³-hybridized carbons (Fsp3) is 0.667. The average Bonchev–Trinajstić information content (AvgIpc) is 2.67. The van der Waals surface area contributed by atoms with Crippen LogP contribution in [0.1, 0.15) is 38.8 Å². The Kier molecular flexibility index (Phi) is 5.06. The van der Waals surface area contributed by atoms with Crippen LogP contribution >= 0.6 is 0 Å². The number of anilines is 1. The van der Waals surface area contributed by atoms with Crippen LogP contribution in [0.4, 0.5) is 11.5 Å². The van der Waals surface area contributed by atoms with Crippen LogP contribution in [0, 0.1) is 16.0 Å². The molecule has 1 unspecified atom stereocenters. The van der Waals surface area contributed by atoms with Gasteiger partial charge in [-0.3, -0.25) is 14.9 Å². The number of nitrogens with zero attached hydrogens (tertiary/aromatic N) is 3. The average molecular weight is 284 g/mol. The van der Waals surface area contributed by atoms with E-state index in [1.165, 1.54) is 4.68 Å². The van der Waals surface area contributed by atoms with Crippen molar-refractivity contribution in [3.8, 4) is 0 Å². The first-order valence-electron chi connectivity index (χ1n) is 6.47. The van der Waals surface area contributed by atoms with Crippen LogP contribution in [0.5, 0.6) is 0 Å². The summed E-state index contributed by atoms with van der Waals surface area (Å²) in [6.07, 6.45) is 0.449. The Hall–Kier alpha value is -2.12. The van der Waals surface area contributed by atoms with Crippen molar-refractivity contribution in [2.75, 3.05) is 11.9 Å². The molecule has 1 aromatic rings. The topological polar surface area (TPSA) is 110 Å². The molecule has 0 aliphatic heterocycles. The van der Waals surface area contributed by atoms with E-state index in [1.807, 2.05) is 13.8 Å². The van der Waals surface area contributed by atoms with Crippen LogP contribution in [0.25, 0.3) is 0 Å². The van der Waals surface area contributed by atoms with Crippen LogP contribution in [-0.4, -0.2) is 32.3 Å². The smallest absolute Gasteiger partial charge is 0.334 e. The zero-order chi connectivity index (χ0) is 15.4. The Morgan fingerprint density at radius 1 is 1.55 bits per heavy atom. The Labute approximate surface area is 116 Å². The molecule has 0 fully saturated rings. The fourth-order valence-electron chi connectivity index (χ4n) is 1.93. The van der Waals surface area contributed by atoms with Gasteiger partial charge in [-0.05, 0) is 6.42 Å². The number of aromatic nitrogens is 2. The Bertz CT molecular complexity index is 510. The lowest BCUT2D eigenvalue weighted by molar-refractivity contribution is -0.384. The lowest BCUT2D eigenvalue weighted by atomic mass is 10.1. The third-order valence-electron chi connectivity index (χ3n) is 3.14. The normalized spacial score (nSPS) is 12.4. The summed E-state index contributed by atoms with van der Waals surface area (Å²) in [5.74, 6) is -1.35. The maximum atomic E-state index is 11.2. The molecule has 0 radical (unpaired) electrons. The van der Waals surface area contributed by atoms with E-state index in [2.05, 4.69) is 10.4 Å². The fourth-order valence-corrected chi connectivity index (χ4v) is 1.93. The lowest BCUT2D eigenvalue weighted by Gasteiger charge is -2.11. The Morgan fingerprint density at radius 3 is 2.55 bits per heavy atom. The van der Waals surface area contributed by atoms with Gasteiger partial charge in [-0.25, -0.2) is 4.68 Å². The summed E-state index contributed by atoms with van der Waals surface area (Å²) in [6, 6.07) is 0. The van der Waals surface area contributed by atoms with Gasteiger partial charge in [0.2, 0.25) is 5.82 Å².